The van der Waals surface area contributed by atoms with E-state index in [4.69, 9.17) is 0 Å². The molecule has 1 aromatic heterocycles. The molecule has 1 heterocycles. The highest BCUT2D eigenvalue weighted by Crippen LogP contribution is 2.23. The summed E-state index contributed by atoms with van der Waals surface area (Å²) in [5, 5.41) is 2.64. The Morgan fingerprint density at radius 2 is 1.78 bits per heavy atom. The van der Waals surface area contributed by atoms with Gasteiger partial charge in [-0.05, 0) is 13.8 Å². The molecule has 1 N–H and O–H groups in total. The van der Waals surface area contributed by atoms with Crippen molar-refractivity contribution in [2.75, 3.05) is 5.32 Å². The molecule has 3 nitrogen and oxygen atoms in total. The predicted molar refractivity (Wildman–Crippen MR) is 62.2 cm³/mol. The Labute approximate surface area is 102 Å². The van der Waals surface area contributed by atoms with E-state index in [0.717, 1.165) is 6.07 Å². The second-order valence-corrected chi connectivity index (χ2v) is 4.12. The Kier molecular flexibility index (Phi) is 3.27. The van der Waals surface area contributed by atoms with E-state index in [0.29, 0.717) is 12.0 Å². The lowest BCUT2D eigenvalue weighted by molar-refractivity contribution is 0.496. The summed E-state index contributed by atoms with van der Waals surface area (Å²) >= 11 is 0. The summed E-state index contributed by atoms with van der Waals surface area (Å²) in [6.07, 6.45) is 3.25. The second-order valence-electron chi connectivity index (χ2n) is 4.12. The van der Waals surface area contributed by atoms with E-state index in [1.807, 2.05) is 13.8 Å². The van der Waals surface area contributed by atoms with Gasteiger partial charge in [-0.1, -0.05) is 0 Å². The first-order valence-corrected chi connectivity index (χ1v) is 5.43. The van der Waals surface area contributed by atoms with Crippen molar-refractivity contribution in [3.63, 3.8) is 0 Å². The summed E-state index contributed by atoms with van der Waals surface area (Å²) in [6.45, 7) is 3.85. The maximum atomic E-state index is 13.4. The van der Waals surface area contributed by atoms with Crippen molar-refractivity contribution in [1.82, 2.24) is 9.55 Å². The van der Waals surface area contributed by atoms with Gasteiger partial charge in [0.15, 0.2) is 11.6 Å². The molecule has 0 spiro atoms. The number of nitrogens with one attached hydrogen (secondary N) is 1. The SMILES string of the molecule is CC(C)n1ccnc1Nc1cc(F)c(F)cc1F. The Bertz CT molecular complexity index is 564. The lowest BCUT2D eigenvalue weighted by atomic mass is 10.3. The Hall–Kier alpha value is -1.98. The van der Waals surface area contributed by atoms with Gasteiger partial charge in [-0.15, -0.1) is 0 Å². The summed E-state index contributed by atoms with van der Waals surface area (Å²) < 4.78 is 41.0. The lowest BCUT2D eigenvalue weighted by Gasteiger charge is -2.13. The van der Waals surface area contributed by atoms with Crippen molar-refractivity contribution in [2.24, 2.45) is 0 Å². The van der Waals surface area contributed by atoms with Crippen LogP contribution in [0.5, 0.6) is 0 Å². The second kappa shape index (κ2) is 4.72. The molecule has 0 aliphatic heterocycles. The molecule has 0 aliphatic rings. The van der Waals surface area contributed by atoms with E-state index >= 15 is 0 Å². The van der Waals surface area contributed by atoms with Crippen LogP contribution in [0, 0.1) is 17.5 Å². The Morgan fingerprint density at radius 1 is 1.11 bits per heavy atom. The topological polar surface area (TPSA) is 29.9 Å². The molecule has 0 radical (unpaired) electrons. The van der Waals surface area contributed by atoms with E-state index in [2.05, 4.69) is 10.3 Å². The van der Waals surface area contributed by atoms with Crippen LogP contribution in [-0.2, 0) is 0 Å². The van der Waals surface area contributed by atoms with Crippen molar-refractivity contribution in [3.05, 3.63) is 42.0 Å². The zero-order chi connectivity index (χ0) is 13.3. The highest BCUT2D eigenvalue weighted by molar-refractivity contribution is 5.54. The van der Waals surface area contributed by atoms with E-state index < -0.39 is 17.5 Å². The summed E-state index contributed by atoms with van der Waals surface area (Å²) in [6, 6.07) is 1.38. The molecule has 0 amide bonds. The fraction of sp³-hybridized carbons (Fsp3) is 0.250. The molecule has 1 aromatic carbocycles. The van der Waals surface area contributed by atoms with Crippen molar-refractivity contribution in [3.8, 4) is 0 Å². The molecule has 2 aromatic rings. The monoisotopic (exact) mass is 255 g/mol. The van der Waals surface area contributed by atoms with E-state index in [-0.39, 0.29) is 11.7 Å². The van der Waals surface area contributed by atoms with Crippen molar-refractivity contribution in [1.29, 1.82) is 0 Å². The molecular weight excluding hydrogens is 243 g/mol. The van der Waals surface area contributed by atoms with Crippen LogP contribution < -0.4 is 5.32 Å². The predicted octanol–water partition coefficient (Wildman–Crippen LogP) is 3.62. The van der Waals surface area contributed by atoms with E-state index in [9.17, 15) is 13.2 Å². The van der Waals surface area contributed by atoms with Gasteiger partial charge in [-0.25, -0.2) is 18.2 Å². The largest absolute Gasteiger partial charge is 0.323 e. The molecule has 0 unspecified atom stereocenters. The molecule has 6 heteroatoms. The standard InChI is InChI=1S/C12H12F3N3/c1-7(2)18-4-3-16-12(18)17-11-6-9(14)8(13)5-10(11)15/h3-7H,1-2H3,(H,16,17). The third-order valence-electron chi connectivity index (χ3n) is 2.48. The third-order valence-corrected chi connectivity index (χ3v) is 2.48. The number of hydrogen-bond acceptors (Lipinski definition) is 2. The fourth-order valence-corrected chi connectivity index (χ4v) is 1.57. The third kappa shape index (κ3) is 2.32. The number of imidazole rings is 1. The highest BCUT2D eigenvalue weighted by atomic mass is 19.2. The minimum Gasteiger partial charge on any atom is -0.323 e. The van der Waals surface area contributed by atoms with Crippen LogP contribution in [0.3, 0.4) is 0 Å². The molecule has 0 atom stereocenters. The van der Waals surface area contributed by atoms with E-state index in [1.165, 1.54) is 0 Å². The summed E-state index contributed by atoms with van der Waals surface area (Å²) in [5.41, 5.74) is -0.151. The summed E-state index contributed by atoms with van der Waals surface area (Å²) in [5.74, 6) is -2.83. The van der Waals surface area contributed by atoms with Gasteiger partial charge < -0.3 is 9.88 Å². The van der Waals surface area contributed by atoms with Crippen LogP contribution in [0.1, 0.15) is 19.9 Å². The van der Waals surface area contributed by atoms with Gasteiger partial charge in [0.25, 0.3) is 0 Å². The lowest BCUT2D eigenvalue weighted by Crippen LogP contribution is -2.06. The first kappa shape index (κ1) is 12.5. The van der Waals surface area contributed by atoms with Gasteiger partial charge in [0, 0.05) is 30.6 Å². The molecule has 0 bridgehead atoms. The first-order valence-electron chi connectivity index (χ1n) is 5.43. The minimum absolute atomic E-state index is 0.114. The number of benzene rings is 1. The molecule has 0 saturated carbocycles. The van der Waals surface area contributed by atoms with Crippen molar-refractivity contribution in [2.45, 2.75) is 19.9 Å². The molecule has 96 valence electrons. The maximum absolute atomic E-state index is 13.4. The average molecular weight is 255 g/mol. The number of hydrogen-bond donors (Lipinski definition) is 1. The van der Waals surface area contributed by atoms with Gasteiger partial charge in [-0.2, -0.15) is 0 Å². The van der Waals surface area contributed by atoms with E-state index in [1.54, 1.807) is 17.0 Å². The minimum atomic E-state index is -1.22. The first-order chi connectivity index (χ1) is 8.49. The smallest absolute Gasteiger partial charge is 0.207 e. The maximum Gasteiger partial charge on any atom is 0.207 e. The van der Waals surface area contributed by atoms with Crippen LogP contribution in [0.4, 0.5) is 24.8 Å². The molecule has 0 saturated heterocycles. The summed E-state index contributed by atoms with van der Waals surface area (Å²) in [4.78, 5) is 3.99. The van der Waals surface area contributed by atoms with Gasteiger partial charge in [-0.3, -0.25) is 0 Å². The molecule has 2 rings (SSSR count). The molecule has 0 fully saturated rings. The summed E-state index contributed by atoms with van der Waals surface area (Å²) in [7, 11) is 0. The number of rotatable bonds is 3. The van der Waals surface area contributed by atoms with Crippen LogP contribution in [0.2, 0.25) is 0 Å². The number of anilines is 2. The van der Waals surface area contributed by atoms with Crippen LogP contribution in [-0.4, -0.2) is 9.55 Å². The Morgan fingerprint density at radius 3 is 2.44 bits per heavy atom. The van der Waals surface area contributed by atoms with Gasteiger partial charge in [0.05, 0.1) is 5.69 Å². The highest BCUT2D eigenvalue weighted by Gasteiger charge is 2.12. The number of aromatic nitrogens is 2. The van der Waals surface area contributed by atoms with Gasteiger partial charge in [0.1, 0.15) is 5.82 Å². The molecule has 0 aliphatic carbocycles. The normalized spacial score (nSPS) is 11.0. The van der Waals surface area contributed by atoms with Crippen LogP contribution in [0.25, 0.3) is 0 Å². The Balaban J connectivity index is 2.34. The van der Waals surface area contributed by atoms with Crippen molar-refractivity contribution < 1.29 is 13.2 Å². The van der Waals surface area contributed by atoms with Crippen LogP contribution in [0.15, 0.2) is 24.5 Å². The van der Waals surface area contributed by atoms with Crippen molar-refractivity contribution >= 4 is 11.6 Å². The van der Waals surface area contributed by atoms with Crippen LogP contribution >= 0.6 is 0 Å². The van der Waals surface area contributed by atoms with Gasteiger partial charge in [0.2, 0.25) is 5.95 Å². The average Bonchev–Trinajstić information content (AvgIpc) is 2.74. The van der Waals surface area contributed by atoms with Gasteiger partial charge >= 0.3 is 0 Å². The zero-order valence-electron chi connectivity index (χ0n) is 9.92. The quantitative estimate of drug-likeness (QED) is 0.849. The molecule has 18 heavy (non-hydrogen) atoms. The number of halogens is 3. The fourth-order valence-electron chi connectivity index (χ4n) is 1.57. The zero-order valence-corrected chi connectivity index (χ0v) is 9.92. The molecular formula is C12H12F3N3. The number of nitrogens with zero attached hydrogens (tertiary/aromatic N) is 2.